The first-order valence-electron chi connectivity index (χ1n) is 8.35. The van der Waals surface area contributed by atoms with Crippen molar-refractivity contribution in [1.29, 1.82) is 0 Å². The normalized spacial score (nSPS) is 16.5. The molecule has 7 nitrogen and oxygen atoms in total. The lowest BCUT2D eigenvalue weighted by Crippen LogP contribution is -2.40. The van der Waals surface area contributed by atoms with E-state index in [1.54, 1.807) is 29.1 Å². The van der Waals surface area contributed by atoms with Gasteiger partial charge in [0, 0.05) is 31.3 Å². The van der Waals surface area contributed by atoms with E-state index in [9.17, 15) is 17.6 Å². The predicted octanol–water partition coefficient (Wildman–Crippen LogP) is 1.68. The molecule has 0 bridgehead atoms. The van der Waals surface area contributed by atoms with Crippen LogP contribution in [0.15, 0.2) is 36.5 Å². The van der Waals surface area contributed by atoms with Gasteiger partial charge in [-0.05, 0) is 30.5 Å². The molecule has 2 aromatic rings. The van der Waals surface area contributed by atoms with E-state index in [4.69, 9.17) is 0 Å². The number of aromatic nitrogens is 2. The van der Waals surface area contributed by atoms with Crippen molar-refractivity contribution in [2.45, 2.75) is 19.4 Å². The fraction of sp³-hybridized carbons (Fsp3) is 0.412. The Balaban J connectivity index is 1.54. The molecule has 0 aliphatic carbocycles. The van der Waals surface area contributed by atoms with Gasteiger partial charge in [-0.1, -0.05) is 12.1 Å². The molecule has 1 amide bonds. The number of carbonyl (C=O) groups excluding carboxylic acids is 1. The highest BCUT2D eigenvalue weighted by Gasteiger charge is 2.29. The Kier molecular flexibility index (Phi) is 5.38. The molecule has 0 unspecified atom stereocenters. The first-order valence-corrected chi connectivity index (χ1v) is 10.2. The van der Waals surface area contributed by atoms with Crippen LogP contribution < -0.4 is 5.32 Å². The third kappa shape index (κ3) is 4.67. The third-order valence-corrected chi connectivity index (χ3v) is 5.75. The van der Waals surface area contributed by atoms with Crippen LogP contribution >= 0.6 is 0 Å². The van der Waals surface area contributed by atoms with E-state index in [1.165, 1.54) is 22.7 Å². The lowest BCUT2D eigenvalue weighted by atomic mass is 9.97. The van der Waals surface area contributed by atoms with Gasteiger partial charge in [0.2, 0.25) is 15.9 Å². The summed E-state index contributed by atoms with van der Waals surface area (Å²) in [6.07, 6.45) is 3.91. The number of halogens is 1. The van der Waals surface area contributed by atoms with Crippen LogP contribution in [0.1, 0.15) is 18.4 Å². The zero-order chi connectivity index (χ0) is 18.7. The lowest BCUT2D eigenvalue weighted by Gasteiger charge is -2.29. The molecule has 1 aliphatic rings. The summed E-state index contributed by atoms with van der Waals surface area (Å²) in [6.45, 7) is 1.19. The van der Waals surface area contributed by atoms with Gasteiger partial charge >= 0.3 is 0 Å². The summed E-state index contributed by atoms with van der Waals surface area (Å²) in [7, 11) is -3.20. The number of sulfonamides is 1. The molecule has 140 valence electrons. The maximum atomic E-state index is 12.9. The van der Waals surface area contributed by atoms with Crippen LogP contribution in [0.3, 0.4) is 0 Å². The Morgan fingerprint density at radius 3 is 2.50 bits per heavy atom. The maximum absolute atomic E-state index is 12.9. The second-order valence-electron chi connectivity index (χ2n) is 6.45. The fourth-order valence-electron chi connectivity index (χ4n) is 2.97. The summed E-state index contributed by atoms with van der Waals surface area (Å²) in [4.78, 5) is 12.4. The van der Waals surface area contributed by atoms with Crippen molar-refractivity contribution in [3.63, 3.8) is 0 Å². The van der Waals surface area contributed by atoms with Gasteiger partial charge in [0.25, 0.3) is 0 Å². The van der Waals surface area contributed by atoms with E-state index in [2.05, 4.69) is 10.4 Å². The van der Waals surface area contributed by atoms with Gasteiger partial charge in [-0.25, -0.2) is 17.1 Å². The van der Waals surface area contributed by atoms with E-state index < -0.39 is 10.0 Å². The van der Waals surface area contributed by atoms with Gasteiger partial charge in [-0.15, -0.1) is 0 Å². The van der Waals surface area contributed by atoms with Crippen LogP contribution in [0, 0.1) is 11.7 Å². The first-order chi connectivity index (χ1) is 12.3. The average molecular weight is 380 g/mol. The van der Waals surface area contributed by atoms with Crippen LogP contribution in [-0.2, 0) is 21.4 Å². The van der Waals surface area contributed by atoms with E-state index >= 15 is 0 Å². The highest BCUT2D eigenvalue weighted by Crippen LogP contribution is 2.20. The van der Waals surface area contributed by atoms with Gasteiger partial charge in [0.1, 0.15) is 5.82 Å². The van der Waals surface area contributed by atoms with E-state index in [-0.39, 0.29) is 17.6 Å². The molecule has 26 heavy (non-hydrogen) atoms. The molecule has 1 aromatic heterocycles. The Morgan fingerprint density at radius 1 is 1.23 bits per heavy atom. The molecule has 2 heterocycles. The van der Waals surface area contributed by atoms with Crippen molar-refractivity contribution < 1.29 is 17.6 Å². The summed E-state index contributed by atoms with van der Waals surface area (Å²) in [6, 6.07) is 7.86. The van der Waals surface area contributed by atoms with Crippen LogP contribution in [0.5, 0.6) is 0 Å². The molecule has 3 rings (SSSR count). The van der Waals surface area contributed by atoms with Crippen molar-refractivity contribution in [3.05, 3.63) is 47.9 Å². The van der Waals surface area contributed by atoms with Gasteiger partial charge in [0.15, 0.2) is 5.82 Å². The van der Waals surface area contributed by atoms with Gasteiger partial charge < -0.3 is 5.32 Å². The second-order valence-corrected chi connectivity index (χ2v) is 8.43. The molecule has 0 saturated carbocycles. The molecule has 1 aliphatic heterocycles. The lowest BCUT2D eigenvalue weighted by molar-refractivity contribution is -0.120. The Morgan fingerprint density at radius 2 is 1.88 bits per heavy atom. The molecule has 1 N–H and O–H groups in total. The third-order valence-electron chi connectivity index (χ3n) is 4.44. The van der Waals surface area contributed by atoms with Crippen molar-refractivity contribution in [3.8, 4) is 0 Å². The quantitative estimate of drug-likeness (QED) is 0.855. The minimum atomic E-state index is -3.20. The summed E-state index contributed by atoms with van der Waals surface area (Å²) in [5.41, 5.74) is 0.903. The summed E-state index contributed by atoms with van der Waals surface area (Å²) in [5.74, 6) is -0.216. The van der Waals surface area contributed by atoms with Crippen molar-refractivity contribution in [2.75, 3.05) is 24.7 Å². The SMILES string of the molecule is CS(=O)(=O)N1CCC(C(=O)Nc2ccn(Cc3ccc(F)cc3)n2)CC1. The van der Waals surface area contributed by atoms with E-state index in [0.29, 0.717) is 38.3 Å². The Hall–Kier alpha value is -2.26. The standard InChI is InChI=1S/C17H21FN4O3S/c1-26(24,25)22-10-6-14(7-11-22)17(23)19-16-8-9-21(20-16)12-13-2-4-15(18)5-3-13/h2-5,8-9,14H,6-7,10-12H2,1H3,(H,19,20,23). The summed E-state index contributed by atoms with van der Waals surface area (Å²) >= 11 is 0. The van der Waals surface area contributed by atoms with E-state index in [1.807, 2.05) is 0 Å². The number of amides is 1. The number of hydrogen-bond acceptors (Lipinski definition) is 4. The molecule has 0 spiro atoms. The molecule has 1 fully saturated rings. The number of rotatable bonds is 5. The predicted molar refractivity (Wildman–Crippen MR) is 95.5 cm³/mol. The van der Waals surface area contributed by atoms with Crippen molar-refractivity contribution in [2.24, 2.45) is 5.92 Å². The smallest absolute Gasteiger partial charge is 0.228 e. The number of anilines is 1. The number of piperidine rings is 1. The topological polar surface area (TPSA) is 84.3 Å². The number of hydrogen-bond donors (Lipinski definition) is 1. The molecule has 0 atom stereocenters. The minimum Gasteiger partial charge on any atom is -0.309 e. The molecule has 1 aromatic carbocycles. The van der Waals surface area contributed by atoms with Crippen molar-refractivity contribution in [1.82, 2.24) is 14.1 Å². The highest BCUT2D eigenvalue weighted by atomic mass is 32.2. The second kappa shape index (κ2) is 7.55. The number of benzene rings is 1. The first kappa shape index (κ1) is 18.5. The largest absolute Gasteiger partial charge is 0.309 e. The Labute approximate surface area is 151 Å². The van der Waals surface area contributed by atoms with Gasteiger partial charge in [0.05, 0.1) is 12.8 Å². The molecule has 9 heteroatoms. The van der Waals surface area contributed by atoms with Crippen molar-refractivity contribution >= 4 is 21.7 Å². The zero-order valence-corrected chi connectivity index (χ0v) is 15.2. The maximum Gasteiger partial charge on any atom is 0.228 e. The van der Waals surface area contributed by atoms with E-state index in [0.717, 1.165) is 5.56 Å². The molecule has 0 radical (unpaired) electrons. The Bertz CT molecular complexity index is 872. The van der Waals surface area contributed by atoms with Crippen LogP contribution in [0.4, 0.5) is 10.2 Å². The molecular weight excluding hydrogens is 359 g/mol. The summed E-state index contributed by atoms with van der Waals surface area (Å²) in [5, 5.41) is 7.08. The minimum absolute atomic E-state index is 0.148. The number of nitrogens with one attached hydrogen (secondary N) is 1. The molecular formula is C17H21FN4O3S. The summed E-state index contributed by atoms with van der Waals surface area (Å²) < 4.78 is 39.0. The van der Waals surface area contributed by atoms with Gasteiger partial charge in [-0.2, -0.15) is 5.10 Å². The van der Waals surface area contributed by atoms with Crippen LogP contribution in [-0.4, -0.2) is 47.8 Å². The van der Waals surface area contributed by atoms with Gasteiger partial charge in [-0.3, -0.25) is 9.48 Å². The average Bonchev–Trinajstić information content (AvgIpc) is 3.03. The fourth-order valence-corrected chi connectivity index (χ4v) is 3.85. The highest BCUT2D eigenvalue weighted by molar-refractivity contribution is 7.88. The van der Waals surface area contributed by atoms with Crippen LogP contribution in [0.25, 0.3) is 0 Å². The number of carbonyl (C=O) groups is 1. The van der Waals surface area contributed by atoms with Crippen LogP contribution in [0.2, 0.25) is 0 Å². The zero-order valence-electron chi connectivity index (χ0n) is 14.4. The number of nitrogens with zero attached hydrogens (tertiary/aromatic N) is 3. The molecule has 1 saturated heterocycles. The monoisotopic (exact) mass is 380 g/mol.